The van der Waals surface area contributed by atoms with Crippen LogP contribution in [0.3, 0.4) is 0 Å². The molecule has 0 saturated heterocycles. The van der Waals surface area contributed by atoms with Gasteiger partial charge in [0.15, 0.2) is 17.4 Å². The molecule has 0 saturated carbocycles. The van der Waals surface area contributed by atoms with E-state index in [4.69, 9.17) is 19.4 Å². The maximum Gasteiger partial charge on any atom is 0.196 e. The highest BCUT2D eigenvalue weighted by atomic mass is 16.5. The van der Waals surface area contributed by atoms with Crippen molar-refractivity contribution >= 4 is 33.7 Å². The minimum Gasteiger partial charge on any atom is -0.507 e. The molecule has 7 rings (SSSR count). The zero-order valence-corrected chi connectivity index (χ0v) is 28.1. The summed E-state index contributed by atoms with van der Waals surface area (Å²) in [7, 11) is 1.62. The Labute approximate surface area is 286 Å². The molecule has 0 aliphatic heterocycles. The van der Waals surface area contributed by atoms with Gasteiger partial charge < -0.3 is 24.8 Å². The van der Waals surface area contributed by atoms with Gasteiger partial charge in [0.1, 0.15) is 22.8 Å². The molecule has 1 heterocycles. The summed E-state index contributed by atoms with van der Waals surface area (Å²) in [4.78, 5) is 26.7. The number of aryl methyl sites for hydroxylation is 1. The molecule has 8 heteroatoms. The number of ketones is 1. The molecule has 0 radical (unpaired) electrons. The molecule has 246 valence electrons. The van der Waals surface area contributed by atoms with Crippen LogP contribution in [0.15, 0.2) is 97.1 Å². The van der Waals surface area contributed by atoms with E-state index in [0.29, 0.717) is 61.9 Å². The number of phenolic OH excluding ortho intramolecular Hbond substituents is 1. The monoisotopic (exact) mass is 650 g/mol. The van der Waals surface area contributed by atoms with Crippen molar-refractivity contribution < 1.29 is 19.4 Å². The number of phenols is 1. The lowest BCUT2D eigenvalue weighted by atomic mass is 9.85. The van der Waals surface area contributed by atoms with Gasteiger partial charge >= 0.3 is 0 Å². The van der Waals surface area contributed by atoms with Crippen molar-refractivity contribution in [3.05, 3.63) is 114 Å². The molecule has 1 aromatic heterocycles. The van der Waals surface area contributed by atoms with Gasteiger partial charge in [-0.25, -0.2) is 9.97 Å². The van der Waals surface area contributed by atoms with Crippen LogP contribution in [-0.2, 0) is 0 Å². The van der Waals surface area contributed by atoms with Gasteiger partial charge in [0.2, 0.25) is 0 Å². The summed E-state index contributed by atoms with van der Waals surface area (Å²) >= 11 is 0. The zero-order valence-electron chi connectivity index (χ0n) is 28.1. The number of hydrogen-bond donors (Lipinski definition) is 2. The Morgan fingerprint density at radius 2 is 1.55 bits per heavy atom. The SMILES string of the molecule is CCCN(CCC)c1ccc(-c2nc3c4c(c(Nc5ccc(OC)cc5)cc(Oc5cccc(C)c5)c4n2)C(=O)c2ccccc2-3)c(O)c1. The minimum atomic E-state index is -0.137. The van der Waals surface area contributed by atoms with E-state index in [9.17, 15) is 9.90 Å². The Bertz CT molecular complexity index is 2190. The van der Waals surface area contributed by atoms with E-state index in [1.807, 2.05) is 97.9 Å². The minimum absolute atomic E-state index is 0.0839. The first-order valence-corrected chi connectivity index (χ1v) is 16.6. The number of hydrogen-bond acceptors (Lipinski definition) is 8. The summed E-state index contributed by atoms with van der Waals surface area (Å²) in [5.74, 6) is 2.09. The van der Waals surface area contributed by atoms with Gasteiger partial charge in [0.25, 0.3) is 0 Å². The molecule has 6 aromatic rings. The number of nitrogens with one attached hydrogen (secondary N) is 1. The van der Waals surface area contributed by atoms with E-state index in [1.165, 1.54) is 0 Å². The molecular weight excluding hydrogens is 612 g/mol. The predicted octanol–water partition coefficient (Wildman–Crippen LogP) is 9.69. The summed E-state index contributed by atoms with van der Waals surface area (Å²) in [5, 5.41) is 15.5. The molecule has 2 N–H and O–H groups in total. The highest BCUT2D eigenvalue weighted by molar-refractivity contribution is 6.28. The molecule has 0 bridgehead atoms. The molecule has 1 aliphatic carbocycles. The molecule has 1 aliphatic rings. The van der Waals surface area contributed by atoms with Crippen LogP contribution in [0, 0.1) is 6.92 Å². The molecule has 0 spiro atoms. The number of fused-ring (bicyclic) bond motifs is 2. The largest absolute Gasteiger partial charge is 0.507 e. The van der Waals surface area contributed by atoms with Crippen molar-refractivity contribution in [3.63, 3.8) is 0 Å². The topological polar surface area (TPSA) is 96.8 Å². The number of rotatable bonds is 11. The standard InChI is InChI=1S/C41H38N4O4/c1-5-20-45(21-6-2)27-16-19-32(34(46)23-27)41-43-38-30-12-7-8-13-31(30)40(47)36-33(42-26-14-17-28(48-4)18-15-26)24-35(39(44-41)37(36)38)49-29-11-9-10-25(3)22-29/h7-19,22-24,42,46H,5-6,20-21H2,1-4H3. The smallest absolute Gasteiger partial charge is 0.196 e. The lowest BCUT2D eigenvalue weighted by molar-refractivity contribution is 0.104. The molecule has 0 amide bonds. The van der Waals surface area contributed by atoms with Crippen molar-refractivity contribution in [1.29, 1.82) is 0 Å². The molecule has 0 atom stereocenters. The molecule has 5 aromatic carbocycles. The fourth-order valence-electron chi connectivity index (χ4n) is 6.48. The number of methoxy groups -OCH3 is 1. The second kappa shape index (κ2) is 13.3. The highest BCUT2D eigenvalue weighted by Crippen LogP contribution is 2.47. The van der Waals surface area contributed by atoms with Gasteiger partial charge in [-0.3, -0.25) is 4.79 Å². The van der Waals surface area contributed by atoms with Gasteiger partial charge in [-0.15, -0.1) is 0 Å². The van der Waals surface area contributed by atoms with E-state index < -0.39 is 0 Å². The second-order valence-electron chi connectivity index (χ2n) is 12.3. The van der Waals surface area contributed by atoms with Crippen molar-refractivity contribution in [2.75, 3.05) is 30.4 Å². The zero-order chi connectivity index (χ0) is 34.1. The van der Waals surface area contributed by atoms with Gasteiger partial charge in [-0.05, 0) is 73.9 Å². The molecular formula is C41H38N4O4. The van der Waals surface area contributed by atoms with Crippen LogP contribution in [0.1, 0.15) is 48.2 Å². The van der Waals surface area contributed by atoms with Crippen molar-refractivity contribution in [1.82, 2.24) is 9.97 Å². The summed E-state index contributed by atoms with van der Waals surface area (Å²) in [6.07, 6.45) is 2.00. The first-order valence-electron chi connectivity index (χ1n) is 16.6. The van der Waals surface area contributed by atoms with Gasteiger partial charge in [0, 0.05) is 53.1 Å². The fourth-order valence-corrected chi connectivity index (χ4v) is 6.48. The van der Waals surface area contributed by atoms with Crippen LogP contribution in [-0.4, -0.2) is 41.1 Å². The number of aromatic hydroxyl groups is 1. The molecule has 49 heavy (non-hydrogen) atoms. The third-order valence-electron chi connectivity index (χ3n) is 8.75. The van der Waals surface area contributed by atoms with Gasteiger partial charge in [-0.2, -0.15) is 0 Å². The summed E-state index contributed by atoms with van der Waals surface area (Å²) in [5.41, 5.74) is 6.59. The third kappa shape index (κ3) is 6.02. The number of nitrogens with zero attached hydrogens (tertiary/aromatic N) is 3. The number of aromatic nitrogens is 2. The number of carbonyl (C=O) groups excluding carboxylic acids is 1. The lowest BCUT2D eigenvalue weighted by Gasteiger charge is -2.25. The number of carbonyl (C=O) groups is 1. The van der Waals surface area contributed by atoms with E-state index in [1.54, 1.807) is 13.2 Å². The Hall–Kier alpha value is -5.89. The Morgan fingerprint density at radius 1 is 0.796 bits per heavy atom. The van der Waals surface area contributed by atoms with E-state index >= 15 is 0 Å². The quantitative estimate of drug-likeness (QED) is 0.143. The number of benzene rings is 5. The van der Waals surface area contributed by atoms with E-state index in [-0.39, 0.29) is 11.5 Å². The van der Waals surface area contributed by atoms with Crippen LogP contribution < -0.4 is 19.7 Å². The first-order chi connectivity index (χ1) is 23.9. The summed E-state index contributed by atoms with van der Waals surface area (Å²) in [6.45, 7) is 8.09. The summed E-state index contributed by atoms with van der Waals surface area (Å²) in [6, 6.07) is 30.3. The molecule has 8 nitrogen and oxygen atoms in total. The first kappa shape index (κ1) is 31.7. The maximum atomic E-state index is 14.3. The van der Waals surface area contributed by atoms with Gasteiger partial charge in [-0.1, -0.05) is 50.2 Å². The van der Waals surface area contributed by atoms with Crippen LogP contribution in [0.5, 0.6) is 23.0 Å². The molecule has 0 unspecified atom stereocenters. The van der Waals surface area contributed by atoms with Crippen molar-refractivity contribution in [3.8, 4) is 45.6 Å². The average molecular weight is 651 g/mol. The van der Waals surface area contributed by atoms with E-state index in [0.717, 1.165) is 48.6 Å². The maximum absolute atomic E-state index is 14.3. The third-order valence-corrected chi connectivity index (χ3v) is 8.75. The fraction of sp³-hybridized carbons (Fsp3) is 0.195. The Balaban J connectivity index is 1.47. The Kier molecular flexibility index (Phi) is 8.61. The van der Waals surface area contributed by atoms with Crippen LogP contribution in [0.25, 0.3) is 33.5 Å². The van der Waals surface area contributed by atoms with E-state index in [2.05, 4.69) is 24.1 Å². The van der Waals surface area contributed by atoms with Crippen LogP contribution in [0.4, 0.5) is 17.1 Å². The van der Waals surface area contributed by atoms with Crippen molar-refractivity contribution in [2.24, 2.45) is 0 Å². The summed E-state index contributed by atoms with van der Waals surface area (Å²) < 4.78 is 11.9. The lowest BCUT2D eigenvalue weighted by Crippen LogP contribution is -2.24. The number of anilines is 3. The van der Waals surface area contributed by atoms with Crippen LogP contribution >= 0.6 is 0 Å². The predicted molar refractivity (Wildman–Crippen MR) is 196 cm³/mol. The van der Waals surface area contributed by atoms with Crippen LogP contribution in [0.2, 0.25) is 0 Å². The second-order valence-corrected chi connectivity index (χ2v) is 12.3. The van der Waals surface area contributed by atoms with Gasteiger partial charge in [0.05, 0.1) is 29.6 Å². The number of ether oxygens (including phenoxy) is 2. The van der Waals surface area contributed by atoms with Crippen molar-refractivity contribution in [2.45, 2.75) is 33.6 Å². The molecule has 0 fully saturated rings. The normalized spacial score (nSPS) is 11.7. The Morgan fingerprint density at radius 3 is 2.24 bits per heavy atom. The average Bonchev–Trinajstić information content (AvgIpc) is 3.11. The highest BCUT2D eigenvalue weighted by Gasteiger charge is 2.32.